The van der Waals surface area contributed by atoms with Gasteiger partial charge in [0.05, 0.1) is 10.6 Å². The number of aryl methyl sites for hydroxylation is 1. The van der Waals surface area contributed by atoms with E-state index in [2.05, 4.69) is 5.10 Å². The molecule has 1 aromatic carbocycles. The lowest BCUT2D eigenvalue weighted by Crippen LogP contribution is -1.97. The molecule has 1 heterocycles. The number of sulfone groups is 1. The molecule has 0 saturated heterocycles. The summed E-state index contributed by atoms with van der Waals surface area (Å²) in [5.41, 5.74) is 7.08. The highest BCUT2D eigenvalue weighted by molar-refractivity contribution is 7.90. The van der Waals surface area contributed by atoms with Gasteiger partial charge >= 0.3 is 0 Å². The second-order valence-electron chi connectivity index (χ2n) is 3.88. The molecule has 0 aliphatic heterocycles. The van der Waals surface area contributed by atoms with Crippen LogP contribution in [-0.4, -0.2) is 24.5 Å². The maximum atomic E-state index is 11.4. The highest BCUT2D eigenvalue weighted by Gasteiger charge is 2.10. The van der Waals surface area contributed by atoms with Gasteiger partial charge in [0.2, 0.25) is 0 Å². The van der Waals surface area contributed by atoms with Crippen LogP contribution in [0.1, 0.15) is 0 Å². The molecule has 2 N–H and O–H groups in total. The second kappa shape index (κ2) is 3.89. The predicted octanol–water partition coefficient (Wildman–Crippen LogP) is 1.07. The van der Waals surface area contributed by atoms with Gasteiger partial charge in [0.1, 0.15) is 5.82 Å². The van der Waals surface area contributed by atoms with Crippen molar-refractivity contribution in [1.29, 1.82) is 0 Å². The van der Waals surface area contributed by atoms with Crippen LogP contribution >= 0.6 is 0 Å². The zero-order chi connectivity index (χ0) is 12.6. The van der Waals surface area contributed by atoms with E-state index in [1.807, 2.05) is 0 Å². The van der Waals surface area contributed by atoms with Gasteiger partial charge in [0.15, 0.2) is 9.84 Å². The van der Waals surface area contributed by atoms with Crippen molar-refractivity contribution in [3.8, 4) is 11.3 Å². The largest absolute Gasteiger partial charge is 0.384 e. The molecule has 6 heteroatoms. The lowest BCUT2D eigenvalue weighted by Gasteiger charge is -2.00. The van der Waals surface area contributed by atoms with E-state index in [0.717, 1.165) is 5.56 Å². The van der Waals surface area contributed by atoms with E-state index in [-0.39, 0.29) is 4.90 Å². The summed E-state index contributed by atoms with van der Waals surface area (Å²) in [4.78, 5) is 0.277. The monoisotopic (exact) mass is 251 g/mol. The molecule has 0 unspecified atom stereocenters. The van der Waals surface area contributed by atoms with E-state index in [0.29, 0.717) is 11.5 Å². The minimum Gasteiger partial charge on any atom is -0.384 e. The number of nitrogens with zero attached hydrogens (tertiary/aromatic N) is 2. The summed E-state index contributed by atoms with van der Waals surface area (Å²) < 4.78 is 24.4. The predicted molar refractivity (Wildman–Crippen MR) is 66.2 cm³/mol. The van der Waals surface area contributed by atoms with Crippen LogP contribution in [0.5, 0.6) is 0 Å². The summed E-state index contributed by atoms with van der Waals surface area (Å²) in [5.74, 6) is 0.532. The minimum absolute atomic E-state index is 0.277. The third-order valence-electron chi connectivity index (χ3n) is 2.47. The SMILES string of the molecule is Cn1nc(-c2cccc(S(C)(=O)=O)c2)cc1N. The summed E-state index contributed by atoms with van der Waals surface area (Å²) >= 11 is 0. The Bertz CT molecular complexity index is 640. The van der Waals surface area contributed by atoms with Crippen molar-refractivity contribution in [1.82, 2.24) is 9.78 Å². The first-order chi connectivity index (χ1) is 7.88. The summed E-state index contributed by atoms with van der Waals surface area (Å²) in [6.45, 7) is 0. The molecule has 5 nitrogen and oxygen atoms in total. The van der Waals surface area contributed by atoms with Gasteiger partial charge < -0.3 is 5.73 Å². The maximum absolute atomic E-state index is 11.4. The molecule has 0 bridgehead atoms. The molecule has 17 heavy (non-hydrogen) atoms. The molecule has 0 aliphatic carbocycles. The number of aromatic nitrogens is 2. The topological polar surface area (TPSA) is 78.0 Å². The highest BCUT2D eigenvalue weighted by atomic mass is 32.2. The van der Waals surface area contributed by atoms with Gasteiger partial charge in [-0.2, -0.15) is 5.10 Å². The van der Waals surface area contributed by atoms with Crippen LogP contribution in [0.25, 0.3) is 11.3 Å². The van der Waals surface area contributed by atoms with Gasteiger partial charge in [-0.05, 0) is 12.1 Å². The minimum atomic E-state index is -3.20. The average Bonchev–Trinajstić information content (AvgIpc) is 2.58. The Morgan fingerprint density at radius 1 is 1.29 bits per heavy atom. The van der Waals surface area contributed by atoms with E-state index in [1.54, 1.807) is 42.1 Å². The summed E-state index contributed by atoms with van der Waals surface area (Å²) in [6, 6.07) is 8.36. The van der Waals surface area contributed by atoms with Gasteiger partial charge in [0, 0.05) is 24.9 Å². The van der Waals surface area contributed by atoms with Gasteiger partial charge in [-0.1, -0.05) is 12.1 Å². The van der Waals surface area contributed by atoms with Gasteiger partial charge in [-0.15, -0.1) is 0 Å². The van der Waals surface area contributed by atoms with Crippen LogP contribution in [0.4, 0.5) is 5.82 Å². The molecule has 0 fully saturated rings. The van der Waals surface area contributed by atoms with Crippen molar-refractivity contribution in [2.24, 2.45) is 7.05 Å². The quantitative estimate of drug-likeness (QED) is 0.866. The number of hydrogen-bond acceptors (Lipinski definition) is 4. The fourth-order valence-electron chi connectivity index (χ4n) is 1.51. The summed E-state index contributed by atoms with van der Waals surface area (Å²) in [7, 11) is -1.47. The molecular weight excluding hydrogens is 238 g/mol. The second-order valence-corrected chi connectivity index (χ2v) is 5.89. The molecule has 1 aromatic heterocycles. The number of nitrogen functional groups attached to an aromatic ring is 1. The van der Waals surface area contributed by atoms with Crippen molar-refractivity contribution in [2.75, 3.05) is 12.0 Å². The first-order valence-electron chi connectivity index (χ1n) is 4.98. The number of benzene rings is 1. The smallest absolute Gasteiger partial charge is 0.175 e. The Morgan fingerprint density at radius 2 is 2.00 bits per heavy atom. The summed E-state index contributed by atoms with van der Waals surface area (Å²) in [6.07, 6.45) is 1.18. The zero-order valence-electron chi connectivity index (χ0n) is 9.58. The van der Waals surface area contributed by atoms with E-state index >= 15 is 0 Å². The molecule has 2 aromatic rings. The van der Waals surface area contributed by atoms with Crippen LogP contribution in [0, 0.1) is 0 Å². The molecule has 90 valence electrons. The first-order valence-corrected chi connectivity index (χ1v) is 6.87. The molecular formula is C11H13N3O2S. The Kier molecular flexibility index (Phi) is 2.66. The lowest BCUT2D eigenvalue weighted by molar-refractivity contribution is 0.602. The number of anilines is 1. The number of rotatable bonds is 2. The molecule has 0 radical (unpaired) electrons. The maximum Gasteiger partial charge on any atom is 0.175 e. The number of hydrogen-bond donors (Lipinski definition) is 1. The van der Waals surface area contributed by atoms with E-state index in [9.17, 15) is 8.42 Å². The first kappa shape index (κ1) is 11.7. The van der Waals surface area contributed by atoms with Crippen LogP contribution < -0.4 is 5.73 Å². The van der Waals surface area contributed by atoms with E-state index in [1.165, 1.54) is 6.26 Å². The standard InChI is InChI=1S/C11H13N3O2S/c1-14-11(12)7-10(13-14)8-4-3-5-9(6-8)17(2,15)16/h3-7H,12H2,1-2H3. The van der Waals surface area contributed by atoms with Crippen molar-refractivity contribution < 1.29 is 8.42 Å². The van der Waals surface area contributed by atoms with Crippen molar-refractivity contribution in [3.63, 3.8) is 0 Å². The molecule has 0 saturated carbocycles. The molecule has 0 aliphatic rings. The summed E-state index contributed by atoms with van der Waals surface area (Å²) in [5, 5.41) is 4.20. The van der Waals surface area contributed by atoms with Crippen molar-refractivity contribution in [3.05, 3.63) is 30.3 Å². The Labute approximate surface area is 99.8 Å². The fourth-order valence-corrected chi connectivity index (χ4v) is 2.18. The number of nitrogens with two attached hydrogens (primary N) is 1. The van der Waals surface area contributed by atoms with Gasteiger partial charge in [-0.3, -0.25) is 4.68 Å². The molecule has 0 amide bonds. The van der Waals surface area contributed by atoms with Crippen LogP contribution in [-0.2, 0) is 16.9 Å². The highest BCUT2D eigenvalue weighted by Crippen LogP contribution is 2.22. The Morgan fingerprint density at radius 3 is 2.53 bits per heavy atom. The Hall–Kier alpha value is -1.82. The van der Waals surface area contributed by atoms with Crippen molar-refractivity contribution in [2.45, 2.75) is 4.90 Å². The zero-order valence-corrected chi connectivity index (χ0v) is 10.4. The third-order valence-corrected chi connectivity index (χ3v) is 3.58. The fraction of sp³-hybridized carbons (Fsp3) is 0.182. The van der Waals surface area contributed by atoms with E-state index in [4.69, 9.17) is 5.73 Å². The molecule has 0 spiro atoms. The van der Waals surface area contributed by atoms with E-state index < -0.39 is 9.84 Å². The van der Waals surface area contributed by atoms with Gasteiger partial charge in [0.25, 0.3) is 0 Å². The Balaban J connectivity index is 2.54. The average molecular weight is 251 g/mol. The van der Waals surface area contributed by atoms with Crippen molar-refractivity contribution >= 4 is 15.7 Å². The lowest BCUT2D eigenvalue weighted by atomic mass is 10.1. The van der Waals surface area contributed by atoms with Crippen LogP contribution in [0.3, 0.4) is 0 Å². The third kappa shape index (κ3) is 2.31. The van der Waals surface area contributed by atoms with Crippen LogP contribution in [0.2, 0.25) is 0 Å². The van der Waals surface area contributed by atoms with Crippen LogP contribution in [0.15, 0.2) is 35.2 Å². The van der Waals surface area contributed by atoms with Gasteiger partial charge in [-0.25, -0.2) is 8.42 Å². The molecule has 0 atom stereocenters. The molecule has 2 rings (SSSR count). The normalized spacial score (nSPS) is 11.6.